The Bertz CT molecular complexity index is 1670. The zero-order valence-electron chi connectivity index (χ0n) is 33.3. The van der Waals surface area contributed by atoms with Crippen LogP contribution < -0.4 is 20.1 Å². The fourth-order valence-corrected chi connectivity index (χ4v) is 6.37. The van der Waals surface area contributed by atoms with Crippen molar-refractivity contribution >= 4 is 12.2 Å². The van der Waals surface area contributed by atoms with Crippen LogP contribution in [0.5, 0.6) is 11.5 Å². The number of hydrogen-bond donors (Lipinski definition) is 2. The van der Waals surface area contributed by atoms with E-state index in [2.05, 4.69) is 10.6 Å². The average Bonchev–Trinajstić information content (AvgIpc) is 3.45. The molecule has 5 rings (SSSR count). The Morgan fingerprint density at radius 1 is 0.564 bits per heavy atom. The topological polar surface area (TPSA) is 114 Å². The van der Waals surface area contributed by atoms with Gasteiger partial charge in [0.15, 0.2) is 5.79 Å². The number of alkyl carbamates (subject to hydrolysis) is 2. The normalized spacial score (nSPS) is 17.7. The summed E-state index contributed by atoms with van der Waals surface area (Å²) >= 11 is 0. The Kier molecular flexibility index (Phi) is 13.5. The minimum atomic E-state index is -1.05. The van der Waals surface area contributed by atoms with Gasteiger partial charge in [-0.15, -0.1) is 0 Å². The van der Waals surface area contributed by atoms with E-state index >= 15 is 0 Å². The number of hydrogen-bond acceptors (Lipinski definition) is 8. The van der Waals surface area contributed by atoms with Crippen LogP contribution in [0.3, 0.4) is 0 Å². The van der Waals surface area contributed by atoms with E-state index in [0.29, 0.717) is 12.8 Å². The minimum Gasteiger partial charge on any atom is -0.488 e. The van der Waals surface area contributed by atoms with Gasteiger partial charge in [0.1, 0.15) is 48.1 Å². The third-order valence-corrected chi connectivity index (χ3v) is 8.59. The van der Waals surface area contributed by atoms with Crippen molar-refractivity contribution in [2.24, 2.45) is 0 Å². The molecular weight excluding hydrogens is 697 g/mol. The maximum absolute atomic E-state index is 13.5. The highest BCUT2D eigenvalue weighted by molar-refractivity contribution is 5.68. The number of benzene rings is 4. The minimum absolute atomic E-state index is 0.0987. The maximum Gasteiger partial charge on any atom is 0.407 e. The van der Waals surface area contributed by atoms with Crippen molar-refractivity contribution in [3.05, 3.63) is 131 Å². The number of ether oxygens (including phenoxy) is 6. The highest BCUT2D eigenvalue weighted by Gasteiger charge is 2.49. The van der Waals surface area contributed by atoms with Crippen molar-refractivity contribution in [2.45, 2.75) is 123 Å². The number of carbonyl (C=O) groups excluding carboxylic acids is 2. The molecule has 1 fully saturated rings. The van der Waals surface area contributed by atoms with Crippen LogP contribution in [0.4, 0.5) is 9.59 Å². The molecule has 1 aliphatic heterocycles. The number of nitrogens with one attached hydrogen (secondary N) is 2. The molecule has 4 aromatic rings. The standard InChI is InChI=1S/C45H56N2O8/c1-43(2,3)52-35-23-19-31(20-24-35)27-37(46-41(48)50-29-33-15-11-9-12-16-33)39-40(55-45(7,8)54-39)38(47-42(49)51-30-34-17-13-10-14-18-34)28-32-21-25-36(26-22-32)53-44(4,5)6/h9-26,37-40H,27-30H2,1-8H3,(H,46,48)(H,47,49)/t37-,38-,39+,40+/m1/s1. The van der Waals surface area contributed by atoms with Gasteiger partial charge >= 0.3 is 12.2 Å². The molecule has 294 valence electrons. The van der Waals surface area contributed by atoms with Crippen LogP contribution in [0.1, 0.15) is 77.6 Å². The van der Waals surface area contributed by atoms with E-state index in [4.69, 9.17) is 28.4 Å². The molecule has 2 N–H and O–H groups in total. The van der Waals surface area contributed by atoms with Crippen LogP contribution >= 0.6 is 0 Å². The van der Waals surface area contributed by atoms with E-state index < -0.39 is 42.3 Å². The fourth-order valence-electron chi connectivity index (χ4n) is 6.37. The van der Waals surface area contributed by atoms with Crippen molar-refractivity contribution in [3.8, 4) is 11.5 Å². The Balaban J connectivity index is 1.43. The summed E-state index contributed by atoms with van der Waals surface area (Å²) in [5.74, 6) is 0.422. The van der Waals surface area contributed by atoms with E-state index in [-0.39, 0.29) is 24.4 Å². The molecule has 10 heteroatoms. The van der Waals surface area contributed by atoms with E-state index in [1.807, 2.05) is 165 Å². The zero-order chi connectivity index (χ0) is 39.6. The smallest absolute Gasteiger partial charge is 0.407 e. The monoisotopic (exact) mass is 752 g/mol. The summed E-state index contributed by atoms with van der Waals surface area (Å²) in [5.41, 5.74) is 2.88. The van der Waals surface area contributed by atoms with Crippen LogP contribution in [-0.4, -0.2) is 53.5 Å². The van der Waals surface area contributed by atoms with Gasteiger partial charge in [0.05, 0.1) is 12.1 Å². The molecule has 2 amide bonds. The van der Waals surface area contributed by atoms with E-state index in [9.17, 15) is 9.59 Å². The summed E-state index contributed by atoms with van der Waals surface area (Å²) in [7, 11) is 0. The third-order valence-electron chi connectivity index (χ3n) is 8.59. The molecule has 0 spiro atoms. The Morgan fingerprint density at radius 2 is 0.909 bits per heavy atom. The fraction of sp³-hybridized carbons (Fsp3) is 0.422. The molecular formula is C45H56N2O8. The second kappa shape index (κ2) is 18.0. The summed E-state index contributed by atoms with van der Waals surface area (Å²) in [5, 5.41) is 6.18. The van der Waals surface area contributed by atoms with Crippen molar-refractivity contribution < 1.29 is 38.0 Å². The van der Waals surface area contributed by atoms with E-state index in [1.54, 1.807) is 0 Å². The quantitative estimate of drug-likeness (QED) is 0.131. The van der Waals surface area contributed by atoms with Crippen molar-refractivity contribution in [3.63, 3.8) is 0 Å². The molecule has 1 aliphatic rings. The maximum atomic E-state index is 13.5. The SMILES string of the molecule is CC(C)(C)Oc1ccc(C[C@@H](NC(=O)OCc2ccccc2)[C@@H]2OC(C)(C)O[C@H]2[C@@H](Cc2ccc(OC(C)(C)C)cc2)NC(=O)OCc2ccccc2)cc1. The van der Waals surface area contributed by atoms with Gasteiger partial charge in [-0.1, -0.05) is 84.9 Å². The summed E-state index contributed by atoms with van der Waals surface area (Å²) in [6.07, 6.45) is -1.88. The Labute approximate surface area is 325 Å². The predicted molar refractivity (Wildman–Crippen MR) is 212 cm³/mol. The van der Waals surface area contributed by atoms with Gasteiger partial charge in [-0.25, -0.2) is 9.59 Å². The first-order valence-electron chi connectivity index (χ1n) is 18.9. The number of rotatable bonds is 14. The molecule has 0 aromatic heterocycles. The van der Waals surface area contributed by atoms with Crippen LogP contribution in [0.2, 0.25) is 0 Å². The van der Waals surface area contributed by atoms with Crippen LogP contribution in [-0.2, 0) is 45.0 Å². The molecule has 10 nitrogen and oxygen atoms in total. The average molecular weight is 753 g/mol. The van der Waals surface area contributed by atoms with Crippen molar-refractivity contribution in [2.75, 3.05) is 0 Å². The molecule has 0 unspecified atom stereocenters. The second-order valence-electron chi connectivity index (χ2n) is 16.3. The molecule has 0 aliphatic carbocycles. The lowest BCUT2D eigenvalue weighted by Crippen LogP contribution is -2.56. The summed E-state index contributed by atoms with van der Waals surface area (Å²) in [6, 6.07) is 33.3. The third kappa shape index (κ3) is 13.6. The lowest BCUT2D eigenvalue weighted by Gasteiger charge is -2.32. The van der Waals surface area contributed by atoms with Crippen molar-refractivity contribution in [1.82, 2.24) is 10.6 Å². The van der Waals surface area contributed by atoms with Gasteiger partial charge in [0, 0.05) is 0 Å². The largest absolute Gasteiger partial charge is 0.488 e. The van der Waals surface area contributed by atoms with E-state index in [1.165, 1.54) is 0 Å². The lowest BCUT2D eigenvalue weighted by molar-refractivity contribution is -0.150. The lowest BCUT2D eigenvalue weighted by atomic mass is 9.91. The summed E-state index contributed by atoms with van der Waals surface area (Å²) < 4.78 is 36.7. The zero-order valence-corrected chi connectivity index (χ0v) is 33.3. The first-order valence-corrected chi connectivity index (χ1v) is 18.9. The van der Waals surface area contributed by atoms with Gasteiger partial charge in [-0.05, 0) is 115 Å². The van der Waals surface area contributed by atoms with Gasteiger partial charge in [0.2, 0.25) is 0 Å². The molecule has 1 saturated heterocycles. The molecule has 1 heterocycles. The molecule has 0 saturated carbocycles. The predicted octanol–water partition coefficient (Wildman–Crippen LogP) is 8.94. The van der Waals surface area contributed by atoms with Gasteiger partial charge in [0.25, 0.3) is 0 Å². The highest BCUT2D eigenvalue weighted by Crippen LogP contribution is 2.34. The molecule has 0 bridgehead atoms. The molecule has 0 radical (unpaired) electrons. The highest BCUT2D eigenvalue weighted by atomic mass is 16.8. The van der Waals surface area contributed by atoms with Crippen LogP contribution in [0.15, 0.2) is 109 Å². The summed E-state index contributed by atoms with van der Waals surface area (Å²) in [6.45, 7) is 15.8. The second-order valence-corrected chi connectivity index (χ2v) is 16.3. The molecule has 55 heavy (non-hydrogen) atoms. The summed E-state index contributed by atoms with van der Waals surface area (Å²) in [4.78, 5) is 27.0. The van der Waals surface area contributed by atoms with Gasteiger partial charge in [-0.3, -0.25) is 0 Å². The number of carbonyl (C=O) groups is 2. The van der Waals surface area contributed by atoms with E-state index in [0.717, 1.165) is 33.8 Å². The molecule has 4 aromatic carbocycles. The van der Waals surface area contributed by atoms with Gasteiger partial charge < -0.3 is 39.1 Å². The van der Waals surface area contributed by atoms with Gasteiger partial charge in [-0.2, -0.15) is 0 Å². The molecule has 4 atom stereocenters. The number of amides is 2. The van der Waals surface area contributed by atoms with Crippen molar-refractivity contribution in [1.29, 1.82) is 0 Å². The van der Waals surface area contributed by atoms with Crippen LogP contribution in [0.25, 0.3) is 0 Å². The Morgan fingerprint density at radius 3 is 1.24 bits per heavy atom. The first-order chi connectivity index (χ1) is 26.0. The van der Waals surface area contributed by atoms with Crippen LogP contribution in [0, 0.1) is 0 Å². The Hall–Kier alpha value is -5.06. The first kappa shape index (κ1) is 41.1.